The maximum atomic E-state index is 13.5. The van der Waals surface area contributed by atoms with Crippen molar-refractivity contribution in [3.63, 3.8) is 0 Å². The SMILES string of the molecule is O=C(O)c1cc(F)c(NCC(O)CCl)cc1Br. The summed E-state index contributed by atoms with van der Waals surface area (Å²) in [7, 11) is 0. The Morgan fingerprint density at radius 2 is 2.24 bits per heavy atom. The molecule has 0 aromatic heterocycles. The number of halogens is 3. The molecule has 94 valence electrons. The third kappa shape index (κ3) is 3.83. The maximum absolute atomic E-state index is 13.5. The van der Waals surface area contributed by atoms with Gasteiger partial charge in [0.1, 0.15) is 5.82 Å². The zero-order valence-electron chi connectivity index (χ0n) is 8.58. The molecule has 1 aromatic rings. The van der Waals surface area contributed by atoms with Crippen molar-refractivity contribution >= 4 is 39.2 Å². The first-order chi connectivity index (χ1) is 7.95. The Hall–Kier alpha value is -0.850. The van der Waals surface area contributed by atoms with Gasteiger partial charge in [-0.2, -0.15) is 0 Å². The minimum atomic E-state index is -1.22. The predicted molar refractivity (Wildman–Crippen MR) is 66.3 cm³/mol. The molecule has 0 bridgehead atoms. The number of carboxylic acid groups (broad SMARTS) is 1. The number of aliphatic hydroxyl groups excluding tert-OH is 1. The number of carbonyl (C=O) groups is 1. The number of alkyl halides is 1. The van der Waals surface area contributed by atoms with Gasteiger partial charge in [-0.15, -0.1) is 11.6 Å². The fraction of sp³-hybridized carbons (Fsp3) is 0.300. The van der Waals surface area contributed by atoms with Crippen LogP contribution in [0.25, 0.3) is 0 Å². The lowest BCUT2D eigenvalue weighted by Crippen LogP contribution is -2.21. The zero-order valence-corrected chi connectivity index (χ0v) is 10.9. The minimum absolute atomic E-state index is 0.0308. The average Bonchev–Trinajstić information content (AvgIpc) is 2.28. The Balaban J connectivity index is 2.88. The molecule has 4 nitrogen and oxygen atoms in total. The molecular formula is C10H10BrClFNO3. The van der Waals surface area contributed by atoms with Crippen molar-refractivity contribution < 1.29 is 19.4 Å². The van der Waals surface area contributed by atoms with Gasteiger partial charge in [0.05, 0.1) is 23.2 Å². The van der Waals surface area contributed by atoms with Crippen molar-refractivity contribution in [2.24, 2.45) is 0 Å². The lowest BCUT2D eigenvalue weighted by molar-refractivity contribution is 0.0695. The second kappa shape index (κ2) is 6.18. The molecule has 0 saturated heterocycles. The normalized spacial score (nSPS) is 12.2. The molecule has 0 fully saturated rings. The summed E-state index contributed by atoms with van der Waals surface area (Å²) in [5.41, 5.74) is -0.0583. The summed E-state index contributed by atoms with van der Waals surface area (Å²) in [6, 6.07) is 2.21. The van der Waals surface area contributed by atoms with E-state index in [9.17, 15) is 14.3 Å². The molecule has 0 heterocycles. The highest BCUT2D eigenvalue weighted by Gasteiger charge is 2.14. The van der Waals surface area contributed by atoms with Crippen LogP contribution in [-0.4, -0.2) is 34.7 Å². The monoisotopic (exact) mass is 325 g/mol. The summed E-state index contributed by atoms with van der Waals surface area (Å²) >= 11 is 8.42. The smallest absolute Gasteiger partial charge is 0.336 e. The van der Waals surface area contributed by atoms with E-state index in [0.717, 1.165) is 6.07 Å². The molecule has 0 aliphatic heterocycles. The number of aromatic carboxylic acids is 1. The van der Waals surface area contributed by atoms with Crippen molar-refractivity contribution in [3.8, 4) is 0 Å². The molecule has 0 aliphatic carbocycles. The highest BCUT2D eigenvalue weighted by Crippen LogP contribution is 2.25. The molecule has 1 rings (SSSR count). The van der Waals surface area contributed by atoms with Crippen molar-refractivity contribution in [2.45, 2.75) is 6.10 Å². The van der Waals surface area contributed by atoms with Crippen molar-refractivity contribution in [1.29, 1.82) is 0 Å². The second-order valence-corrected chi connectivity index (χ2v) is 4.47. The third-order valence-corrected chi connectivity index (χ3v) is 3.01. The van der Waals surface area contributed by atoms with Gasteiger partial charge < -0.3 is 15.5 Å². The Morgan fingerprint density at radius 1 is 1.59 bits per heavy atom. The van der Waals surface area contributed by atoms with Gasteiger partial charge in [0, 0.05) is 11.0 Å². The van der Waals surface area contributed by atoms with Crippen LogP contribution in [0.1, 0.15) is 10.4 Å². The van der Waals surface area contributed by atoms with Crippen LogP contribution in [0.3, 0.4) is 0 Å². The standard InChI is InChI=1S/C10H10BrClFNO3/c11-7-2-9(14-4-5(15)3-12)8(13)1-6(7)10(16)17/h1-2,5,14-15H,3-4H2,(H,16,17). The van der Waals surface area contributed by atoms with E-state index in [1.807, 2.05) is 0 Å². The van der Waals surface area contributed by atoms with Gasteiger partial charge >= 0.3 is 5.97 Å². The summed E-state index contributed by atoms with van der Waals surface area (Å²) in [4.78, 5) is 10.7. The number of benzene rings is 1. The summed E-state index contributed by atoms with van der Waals surface area (Å²) in [6.45, 7) is 0.0826. The van der Waals surface area contributed by atoms with Crippen LogP contribution < -0.4 is 5.32 Å². The molecule has 7 heteroatoms. The fourth-order valence-corrected chi connectivity index (χ4v) is 1.75. The lowest BCUT2D eigenvalue weighted by atomic mass is 10.2. The van der Waals surface area contributed by atoms with Crippen LogP contribution in [0.2, 0.25) is 0 Å². The molecule has 3 N–H and O–H groups in total. The summed E-state index contributed by atoms with van der Waals surface area (Å²) in [5, 5.41) is 20.6. The lowest BCUT2D eigenvalue weighted by Gasteiger charge is -2.12. The number of anilines is 1. The topological polar surface area (TPSA) is 69.6 Å². The van der Waals surface area contributed by atoms with Crippen LogP contribution >= 0.6 is 27.5 Å². The van der Waals surface area contributed by atoms with Crippen LogP contribution in [-0.2, 0) is 0 Å². The van der Waals surface area contributed by atoms with E-state index in [4.69, 9.17) is 16.7 Å². The molecule has 0 saturated carbocycles. The summed E-state index contributed by atoms with van der Waals surface area (Å²) < 4.78 is 13.7. The number of rotatable bonds is 5. The quantitative estimate of drug-likeness (QED) is 0.726. The molecule has 0 spiro atoms. The van der Waals surface area contributed by atoms with Crippen LogP contribution in [0.4, 0.5) is 10.1 Å². The molecule has 17 heavy (non-hydrogen) atoms. The van der Waals surface area contributed by atoms with Gasteiger partial charge in [-0.25, -0.2) is 9.18 Å². The number of nitrogens with one attached hydrogen (secondary N) is 1. The molecule has 0 radical (unpaired) electrons. The number of aliphatic hydroxyl groups is 1. The van der Waals surface area contributed by atoms with Crippen molar-refractivity contribution in [1.82, 2.24) is 0 Å². The van der Waals surface area contributed by atoms with Gasteiger partial charge in [0.15, 0.2) is 0 Å². The van der Waals surface area contributed by atoms with E-state index < -0.39 is 17.9 Å². The predicted octanol–water partition coefficient (Wildman–Crippen LogP) is 2.30. The van der Waals surface area contributed by atoms with Gasteiger partial charge in [-0.3, -0.25) is 0 Å². The number of carboxylic acids is 1. The highest BCUT2D eigenvalue weighted by atomic mass is 79.9. The zero-order chi connectivity index (χ0) is 13.0. The fourth-order valence-electron chi connectivity index (χ4n) is 1.13. The first-order valence-corrected chi connectivity index (χ1v) is 5.98. The Bertz CT molecular complexity index is 430. The van der Waals surface area contributed by atoms with E-state index in [1.165, 1.54) is 6.07 Å². The highest BCUT2D eigenvalue weighted by molar-refractivity contribution is 9.10. The van der Waals surface area contributed by atoms with Gasteiger partial charge in [-0.05, 0) is 28.1 Å². The minimum Gasteiger partial charge on any atom is -0.478 e. The molecule has 1 unspecified atom stereocenters. The van der Waals surface area contributed by atoms with Crippen LogP contribution in [0.5, 0.6) is 0 Å². The Labute approximate surface area is 111 Å². The van der Waals surface area contributed by atoms with E-state index in [-0.39, 0.29) is 28.1 Å². The average molecular weight is 327 g/mol. The molecule has 1 atom stereocenters. The maximum Gasteiger partial charge on any atom is 0.336 e. The number of hydrogen-bond acceptors (Lipinski definition) is 3. The Kier molecular flexibility index (Phi) is 5.17. The third-order valence-electron chi connectivity index (χ3n) is 1.99. The van der Waals surface area contributed by atoms with E-state index in [0.29, 0.717) is 0 Å². The molecule has 0 amide bonds. The Morgan fingerprint density at radius 3 is 2.76 bits per heavy atom. The van der Waals surface area contributed by atoms with Crippen LogP contribution in [0.15, 0.2) is 16.6 Å². The van der Waals surface area contributed by atoms with Gasteiger partial charge in [0.2, 0.25) is 0 Å². The first kappa shape index (κ1) is 14.2. The van der Waals surface area contributed by atoms with Crippen molar-refractivity contribution in [2.75, 3.05) is 17.7 Å². The molecule has 0 aliphatic rings. The first-order valence-electron chi connectivity index (χ1n) is 4.66. The summed E-state index contributed by atoms with van der Waals surface area (Å²) in [5.74, 6) is -1.89. The largest absolute Gasteiger partial charge is 0.478 e. The van der Waals surface area contributed by atoms with Crippen molar-refractivity contribution in [3.05, 3.63) is 28.0 Å². The second-order valence-electron chi connectivity index (χ2n) is 3.31. The van der Waals surface area contributed by atoms with Crippen LogP contribution in [0, 0.1) is 5.82 Å². The summed E-state index contributed by atoms with van der Waals surface area (Å²) in [6.07, 6.45) is -0.797. The van der Waals surface area contributed by atoms with Gasteiger partial charge in [-0.1, -0.05) is 0 Å². The van der Waals surface area contributed by atoms with Gasteiger partial charge in [0.25, 0.3) is 0 Å². The van der Waals surface area contributed by atoms with E-state index in [2.05, 4.69) is 21.2 Å². The van der Waals surface area contributed by atoms with E-state index in [1.54, 1.807) is 0 Å². The van der Waals surface area contributed by atoms with E-state index >= 15 is 0 Å². The number of hydrogen-bond donors (Lipinski definition) is 3. The molecule has 1 aromatic carbocycles. The molecular weight excluding hydrogens is 316 g/mol.